The number of hydrogen-bond donors (Lipinski definition) is 1. The zero-order chi connectivity index (χ0) is 16.9. The Morgan fingerprint density at radius 2 is 1.96 bits per heavy atom. The van der Waals surface area contributed by atoms with Crippen molar-refractivity contribution in [3.05, 3.63) is 54.2 Å². The number of para-hydroxylation sites is 1. The highest BCUT2D eigenvalue weighted by Gasteiger charge is 2.22. The number of sulfone groups is 1. The smallest absolute Gasteiger partial charge is 0.238 e. The quantitative estimate of drug-likeness (QED) is 0.872. The van der Waals surface area contributed by atoms with Gasteiger partial charge in [0.1, 0.15) is 11.0 Å². The van der Waals surface area contributed by atoms with Crippen LogP contribution in [0.5, 0.6) is 11.6 Å². The van der Waals surface area contributed by atoms with E-state index in [4.69, 9.17) is 4.74 Å². The molecule has 23 heavy (non-hydrogen) atoms. The second-order valence-electron chi connectivity index (χ2n) is 5.11. The van der Waals surface area contributed by atoms with Crippen LogP contribution in [0.3, 0.4) is 0 Å². The van der Waals surface area contributed by atoms with E-state index >= 15 is 0 Å². The molecule has 1 N–H and O–H groups in total. The van der Waals surface area contributed by atoms with Gasteiger partial charge in [0, 0.05) is 25.1 Å². The highest BCUT2D eigenvalue weighted by molar-refractivity contribution is 7.92. The van der Waals surface area contributed by atoms with Crippen LogP contribution in [-0.2, 0) is 21.2 Å². The molecule has 2 aromatic rings. The molecule has 0 aliphatic rings. The van der Waals surface area contributed by atoms with E-state index in [0.29, 0.717) is 11.6 Å². The minimum atomic E-state index is -3.40. The average Bonchev–Trinajstić information content (AvgIpc) is 2.52. The molecule has 0 saturated heterocycles. The van der Waals surface area contributed by atoms with Gasteiger partial charge >= 0.3 is 0 Å². The SMILES string of the molecule is C[C@H](C(=O)NCc1ccnc(Oc2ccccc2)c1)S(C)(=O)=O. The second kappa shape index (κ2) is 7.23. The molecular formula is C16H18N2O4S. The molecule has 0 radical (unpaired) electrons. The van der Waals surface area contributed by atoms with E-state index in [-0.39, 0.29) is 6.54 Å². The Bertz CT molecular complexity index is 776. The molecular weight excluding hydrogens is 316 g/mol. The van der Waals surface area contributed by atoms with Crippen LogP contribution in [0.2, 0.25) is 0 Å². The molecule has 1 atom stereocenters. The Morgan fingerprint density at radius 3 is 2.61 bits per heavy atom. The highest BCUT2D eigenvalue weighted by Crippen LogP contribution is 2.19. The van der Waals surface area contributed by atoms with Gasteiger partial charge in [-0.15, -0.1) is 0 Å². The zero-order valence-corrected chi connectivity index (χ0v) is 13.7. The molecule has 0 aliphatic carbocycles. The van der Waals surface area contributed by atoms with Crippen molar-refractivity contribution >= 4 is 15.7 Å². The molecule has 1 heterocycles. The lowest BCUT2D eigenvalue weighted by molar-refractivity contribution is -0.120. The van der Waals surface area contributed by atoms with Crippen molar-refractivity contribution in [2.45, 2.75) is 18.7 Å². The summed E-state index contributed by atoms with van der Waals surface area (Å²) in [7, 11) is -3.40. The topological polar surface area (TPSA) is 85.4 Å². The summed E-state index contributed by atoms with van der Waals surface area (Å²) in [4.78, 5) is 15.9. The van der Waals surface area contributed by atoms with Crippen molar-refractivity contribution in [3.63, 3.8) is 0 Å². The number of carbonyl (C=O) groups is 1. The summed E-state index contributed by atoms with van der Waals surface area (Å²) in [6, 6.07) is 12.6. The molecule has 2 rings (SSSR count). The number of pyridine rings is 1. The van der Waals surface area contributed by atoms with Crippen molar-refractivity contribution in [2.75, 3.05) is 6.26 Å². The number of hydrogen-bond acceptors (Lipinski definition) is 5. The first-order chi connectivity index (χ1) is 10.9. The van der Waals surface area contributed by atoms with Crippen LogP contribution >= 0.6 is 0 Å². The minimum Gasteiger partial charge on any atom is -0.439 e. The van der Waals surface area contributed by atoms with E-state index < -0.39 is 21.0 Å². The Morgan fingerprint density at radius 1 is 1.26 bits per heavy atom. The standard InChI is InChI=1S/C16H18N2O4S/c1-12(23(2,20)21)16(19)18-11-13-8-9-17-15(10-13)22-14-6-4-3-5-7-14/h3-10,12H,11H2,1-2H3,(H,18,19)/t12-/m1/s1. The fourth-order valence-corrected chi connectivity index (χ4v) is 2.23. The summed E-state index contributed by atoms with van der Waals surface area (Å²) < 4.78 is 28.3. The van der Waals surface area contributed by atoms with Crippen LogP contribution in [0.1, 0.15) is 12.5 Å². The van der Waals surface area contributed by atoms with Crippen molar-refractivity contribution < 1.29 is 17.9 Å². The van der Waals surface area contributed by atoms with Gasteiger partial charge in [0.15, 0.2) is 9.84 Å². The van der Waals surface area contributed by atoms with Crippen molar-refractivity contribution in [2.24, 2.45) is 0 Å². The lowest BCUT2D eigenvalue weighted by atomic mass is 10.2. The van der Waals surface area contributed by atoms with Gasteiger partial charge in [-0.1, -0.05) is 18.2 Å². The van der Waals surface area contributed by atoms with Crippen LogP contribution in [-0.4, -0.2) is 30.8 Å². The van der Waals surface area contributed by atoms with Gasteiger partial charge in [-0.05, 0) is 30.7 Å². The molecule has 1 amide bonds. The highest BCUT2D eigenvalue weighted by atomic mass is 32.2. The van der Waals surface area contributed by atoms with Crippen LogP contribution in [0.4, 0.5) is 0 Å². The van der Waals surface area contributed by atoms with E-state index in [1.54, 1.807) is 18.3 Å². The molecule has 122 valence electrons. The van der Waals surface area contributed by atoms with Crippen LogP contribution in [0.25, 0.3) is 0 Å². The third-order valence-corrected chi connectivity index (χ3v) is 4.74. The first-order valence-electron chi connectivity index (χ1n) is 7.00. The van der Waals surface area contributed by atoms with Crippen LogP contribution in [0, 0.1) is 0 Å². The van der Waals surface area contributed by atoms with Crippen molar-refractivity contribution in [3.8, 4) is 11.6 Å². The van der Waals surface area contributed by atoms with E-state index in [1.165, 1.54) is 6.92 Å². The van der Waals surface area contributed by atoms with Gasteiger partial charge in [-0.2, -0.15) is 0 Å². The minimum absolute atomic E-state index is 0.201. The molecule has 0 aliphatic heterocycles. The predicted molar refractivity (Wildman–Crippen MR) is 86.9 cm³/mol. The lowest BCUT2D eigenvalue weighted by Gasteiger charge is -2.11. The normalized spacial score (nSPS) is 12.4. The fourth-order valence-electron chi connectivity index (χ4n) is 1.75. The number of ether oxygens (including phenoxy) is 1. The number of rotatable bonds is 6. The number of carbonyl (C=O) groups excluding carboxylic acids is 1. The van der Waals surface area contributed by atoms with Gasteiger partial charge in [-0.25, -0.2) is 13.4 Å². The number of benzene rings is 1. The van der Waals surface area contributed by atoms with E-state index in [9.17, 15) is 13.2 Å². The molecule has 1 aromatic heterocycles. The Hall–Kier alpha value is -2.41. The molecule has 0 unspecified atom stereocenters. The molecule has 7 heteroatoms. The first kappa shape index (κ1) is 17.0. The van der Waals surface area contributed by atoms with Gasteiger partial charge in [-0.3, -0.25) is 4.79 Å². The zero-order valence-electron chi connectivity index (χ0n) is 12.9. The summed E-state index contributed by atoms with van der Waals surface area (Å²) in [5.41, 5.74) is 0.764. The van der Waals surface area contributed by atoms with Crippen LogP contribution < -0.4 is 10.1 Å². The number of nitrogens with one attached hydrogen (secondary N) is 1. The summed E-state index contributed by atoms with van der Waals surface area (Å²) in [6.07, 6.45) is 2.61. The molecule has 0 spiro atoms. The Kier molecular flexibility index (Phi) is 5.33. The maximum atomic E-state index is 11.8. The lowest BCUT2D eigenvalue weighted by Crippen LogP contribution is -2.37. The monoisotopic (exact) mass is 334 g/mol. The predicted octanol–water partition coefficient (Wildman–Crippen LogP) is 1.92. The van der Waals surface area contributed by atoms with E-state index in [2.05, 4.69) is 10.3 Å². The first-order valence-corrected chi connectivity index (χ1v) is 8.96. The summed E-state index contributed by atoms with van der Waals surface area (Å²) in [6.45, 7) is 1.56. The fraction of sp³-hybridized carbons (Fsp3) is 0.250. The van der Waals surface area contributed by atoms with Gasteiger partial charge < -0.3 is 10.1 Å². The number of aromatic nitrogens is 1. The van der Waals surface area contributed by atoms with Gasteiger partial charge in [0.2, 0.25) is 11.8 Å². The second-order valence-corrected chi connectivity index (χ2v) is 7.47. The molecule has 0 bridgehead atoms. The van der Waals surface area contributed by atoms with Crippen molar-refractivity contribution in [1.82, 2.24) is 10.3 Å². The molecule has 6 nitrogen and oxygen atoms in total. The Labute approximate surface area is 135 Å². The third-order valence-electron chi connectivity index (χ3n) is 3.24. The van der Waals surface area contributed by atoms with E-state index in [0.717, 1.165) is 11.8 Å². The maximum Gasteiger partial charge on any atom is 0.238 e. The number of nitrogens with zero attached hydrogens (tertiary/aromatic N) is 1. The van der Waals surface area contributed by atoms with Gasteiger partial charge in [0.05, 0.1) is 0 Å². The molecule has 0 fully saturated rings. The van der Waals surface area contributed by atoms with Crippen molar-refractivity contribution in [1.29, 1.82) is 0 Å². The molecule has 1 aromatic carbocycles. The summed E-state index contributed by atoms with van der Waals surface area (Å²) >= 11 is 0. The third kappa shape index (κ3) is 5.07. The molecule has 0 saturated carbocycles. The Balaban J connectivity index is 1.99. The summed E-state index contributed by atoms with van der Waals surface area (Å²) in [5, 5.41) is 1.52. The van der Waals surface area contributed by atoms with E-state index in [1.807, 2.05) is 30.3 Å². The van der Waals surface area contributed by atoms with Gasteiger partial charge in [0.25, 0.3) is 0 Å². The largest absolute Gasteiger partial charge is 0.439 e. The average molecular weight is 334 g/mol. The van der Waals surface area contributed by atoms with Crippen LogP contribution in [0.15, 0.2) is 48.7 Å². The maximum absolute atomic E-state index is 11.8. The number of amides is 1. The summed E-state index contributed by atoms with van der Waals surface area (Å²) in [5.74, 6) is 0.529.